The highest BCUT2D eigenvalue weighted by Gasteiger charge is 2.20. The minimum absolute atomic E-state index is 0.212. The van der Waals surface area contributed by atoms with E-state index in [-0.39, 0.29) is 11.7 Å². The second kappa shape index (κ2) is 7.43. The summed E-state index contributed by atoms with van der Waals surface area (Å²) < 4.78 is 14.5. The molecule has 6 nitrogen and oxygen atoms in total. The van der Waals surface area contributed by atoms with E-state index >= 15 is 0 Å². The van der Waals surface area contributed by atoms with Crippen molar-refractivity contribution in [2.75, 3.05) is 5.32 Å². The fourth-order valence-electron chi connectivity index (χ4n) is 2.19. The number of benzene rings is 2. The first-order valence-electron chi connectivity index (χ1n) is 7.62. The number of rotatable bonds is 5. The maximum Gasteiger partial charge on any atom is 0.237 e. The molecule has 0 aliphatic carbocycles. The van der Waals surface area contributed by atoms with Crippen molar-refractivity contribution in [3.63, 3.8) is 0 Å². The number of aromatic nitrogens is 4. The SMILES string of the molecule is Cc1ccccc1-n1nnnc1S[C@H](C)C(=O)Nc1ccc(F)cc1. The number of halogens is 1. The number of nitrogens with one attached hydrogen (secondary N) is 1. The van der Waals surface area contributed by atoms with Crippen LogP contribution in [0.4, 0.5) is 10.1 Å². The van der Waals surface area contributed by atoms with Gasteiger partial charge in [0.05, 0.1) is 10.9 Å². The molecule has 0 aliphatic rings. The van der Waals surface area contributed by atoms with Gasteiger partial charge in [-0.2, -0.15) is 4.68 Å². The molecule has 3 aromatic rings. The highest BCUT2D eigenvalue weighted by molar-refractivity contribution is 8.00. The van der Waals surface area contributed by atoms with Crippen molar-refractivity contribution in [1.82, 2.24) is 20.2 Å². The van der Waals surface area contributed by atoms with Gasteiger partial charge in [0.15, 0.2) is 0 Å². The van der Waals surface area contributed by atoms with Crippen molar-refractivity contribution in [1.29, 1.82) is 0 Å². The Bertz CT molecular complexity index is 881. The van der Waals surface area contributed by atoms with Gasteiger partial charge in [0.25, 0.3) is 0 Å². The Morgan fingerprint density at radius 2 is 1.92 bits per heavy atom. The zero-order valence-corrected chi connectivity index (χ0v) is 14.5. The van der Waals surface area contributed by atoms with Gasteiger partial charge >= 0.3 is 0 Å². The van der Waals surface area contributed by atoms with Gasteiger partial charge in [-0.25, -0.2) is 4.39 Å². The lowest BCUT2D eigenvalue weighted by molar-refractivity contribution is -0.115. The Hall–Kier alpha value is -2.74. The summed E-state index contributed by atoms with van der Waals surface area (Å²) in [6, 6.07) is 13.4. The van der Waals surface area contributed by atoms with Crippen LogP contribution in [0.2, 0.25) is 0 Å². The Kier molecular flexibility index (Phi) is 5.08. The summed E-state index contributed by atoms with van der Waals surface area (Å²) in [6.45, 7) is 3.73. The van der Waals surface area contributed by atoms with Crippen LogP contribution in [-0.2, 0) is 4.79 Å². The smallest absolute Gasteiger partial charge is 0.237 e. The molecule has 25 heavy (non-hydrogen) atoms. The van der Waals surface area contributed by atoms with Crippen LogP contribution in [0.1, 0.15) is 12.5 Å². The monoisotopic (exact) mass is 357 g/mol. The fourth-order valence-corrected chi connectivity index (χ4v) is 2.99. The summed E-state index contributed by atoms with van der Waals surface area (Å²) in [5, 5.41) is 14.6. The van der Waals surface area contributed by atoms with Gasteiger partial charge in [0.2, 0.25) is 11.1 Å². The standard InChI is InChI=1S/C17H16FN5OS/c1-11-5-3-4-6-15(11)23-17(20-21-22-23)25-12(2)16(24)19-14-9-7-13(18)8-10-14/h3-10,12H,1-2H3,(H,19,24)/t12-/m1/s1. The number of carbonyl (C=O) groups excluding carboxylic acids is 1. The maximum atomic E-state index is 12.9. The van der Waals surface area contributed by atoms with Crippen molar-refractivity contribution < 1.29 is 9.18 Å². The molecule has 0 spiro atoms. The lowest BCUT2D eigenvalue weighted by Crippen LogP contribution is -2.23. The Balaban J connectivity index is 1.72. The first-order chi connectivity index (χ1) is 12.0. The molecule has 1 aromatic heterocycles. The van der Waals surface area contributed by atoms with Gasteiger partial charge in [0.1, 0.15) is 5.82 Å². The molecule has 0 unspecified atom stereocenters. The molecule has 0 aliphatic heterocycles. The topological polar surface area (TPSA) is 72.7 Å². The minimum atomic E-state index is -0.432. The van der Waals surface area contributed by atoms with Crippen LogP contribution in [0.5, 0.6) is 0 Å². The van der Waals surface area contributed by atoms with Crippen molar-refractivity contribution in [2.24, 2.45) is 0 Å². The van der Waals surface area contributed by atoms with E-state index in [2.05, 4.69) is 20.8 Å². The summed E-state index contributed by atoms with van der Waals surface area (Å²) >= 11 is 1.25. The normalized spacial score (nSPS) is 12.0. The number of carbonyl (C=O) groups is 1. The van der Waals surface area contributed by atoms with E-state index in [0.29, 0.717) is 10.8 Å². The van der Waals surface area contributed by atoms with Gasteiger partial charge in [0, 0.05) is 5.69 Å². The van der Waals surface area contributed by atoms with Crippen LogP contribution in [-0.4, -0.2) is 31.4 Å². The number of hydrogen-bond acceptors (Lipinski definition) is 5. The summed E-state index contributed by atoms with van der Waals surface area (Å²) in [6.07, 6.45) is 0. The molecule has 0 radical (unpaired) electrons. The van der Waals surface area contributed by atoms with Crippen LogP contribution < -0.4 is 5.32 Å². The second-order valence-electron chi connectivity index (χ2n) is 5.42. The third kappa shape index (κ3) is 4.03. The van der Waals surface area contributed by atoms with E-state index in [9.17, 15) is 9.18 Å². The van der Waals surface area contributed by atoms with E-state index in [1.165, 1.54) is 36.0 Å². The van der Waals surface area contributed by atoms with E-state index < -0.39 is 5.25 Å². The second-order valence-corrected chi connectivity index (χ2v) is 6.72. The molecule has 1 N–H and O–H groups in total. The first kappa shape index (κ1) is 17.1. The number of para-hydroxylation sites is 1. The molecule has 0 saturated heterocycles. The third-order valence-electron chi connectivity index (χ3n) is 3.55. The Morgan fingerprint density at radius 3 is 2.64 bits per heavy atom. The van der Waals surface area contributed by atoms with Crippen molar-refractivity contribution in [3.8, 4) is 5.69 Å². The number of nitrogens with zero attached hydrogens (tertiary/aromatic N) is 4. The molecular weight excluding hydrogens is 341 g/mol. The average molecular weight is 357 g/mol. The van der Waals surface area contributed by atoms with E-state index in [1.807, 2.05) is 31.2 Å². The number of amides is 1. The average Bonchev–Trinajstić information content (AvgIpc) is 3.05. The minimum Gasteiger partial charge on any atom is -0.325 e. The molecular formula is C17H16FN5OS. The lowest BCUT2D eigenvalue weighted by atomic mass is 10.2. The molecule has 0 bridgehead atoms. The third-order valence-corrected chi connectivity index (χ3v) is 4.58. The fraction of sp³-hybridized carbons (Fsp3) is 0.176. The zero-order valence-electron chi connectivity index (χ0n) is 13.7. The van der Waals surface area contributed by atoms with Crippen LogP contribution in [0.25, 0.3) is 5.69 Å². The van der Waals surface area contributed by atoms with E-state index in [1.54, 1.807) is 11.6 Å². The first-order valence-corrected chi connectivity index (χ1v) is 8.50. The molecule has 8 heteroatoms. The highest BCUT2D eigenvalue weighted by atomic mass is 32.2. The molecule has 2 aromatic carbocycles. The largest absolute Gasteiger partial charge is 0.325 e. The predicted molar refractivity (Wildman–Crippen MR) is 94.2 cm³/mol. The molecule has 0 saturated carbocycles. The molecule has 1 heterocycles. The van der Waals surface area contributed by atoms with Gasteiger partial charge in [-0.05, 0) is 60.2 Å². The van der Waals surface area contributed by atoms with Crippen LogP contribution in [0.3, 0.4) is 0 Å². The lowest BCUT2D eigenvalue weighted by Gasteiger charge is -2.12. The maximum absolute atomic E-state index is 12.9. The van der Waals surface area contributed by atoms with Crippen LogP contribution in [0, 0.1) is 12.7 Å². The summed E-state index contributed by atoms with van der Waals surface area (Å²) in [5.41, 5.74) is 2.43. The molecule has 128 valence electrons. The van der Waals surface area contributed by atoms with Crippen LogP contribution >= 0.6 is 11.8 Å². The Labute approximate surface area is 148 Å². The van der Waals surface area contributed by atoms with Gasteiger partial charge in [-0.3, -0.25) is 4.79 Å². The number of aryl methyl sites for hydroxylation is 1. The highest BCUT2D eigenvalue weighted by Crippen LogP contribution is 2.25. The Morgan fingerprint density at radius 1 is 1.20 bits per heavy atom. The summed E-state index contributed by atoms with van der Waals surface area (Å²) in [5.74, 6) is -0.561. The molecule has 1 atom stereocenters. The van der Waals surface area contributed by atoms with Gasteiger partial charge < -0.3 is 5.32 Å². The number of hydrogen-bond donors (Lipinski definition) is 1. The van der Waals surface area contributed by atoms with Gasteiger partial charge in [-0.1, -0.05) is 30.0 Å². The molecule has 1 amide bonds. The summed E-state index contributed by atoms with van der Waals surface area (Å²) in [4.78, 5) is 12.3. The molecule has 3 rings (SSSR count). The molecule has 0 fully saturated rings. The predicted octanol–water partition coefficient (Wildman–Crippen LogP) is 3.23. The van der Waals surface area contributed by atoms with Crippen molar-refractivity contribution in [2.45, 2.75) is 24.3 Å². The van der Waals surface area contributed by atoms with E-state index in [4.69, 9.17) is 0 Å². The number of thioether (sulfide) groups is 1. The van der Waals surface area contributed by atoms with Crippen molar-refractivity contribution in [3.05, 3.63) is 59.9 Å². The number of tetrazole rings is 1. The zero-order chi connectivity index (χ0) is 17.8. The van der Waals surface area contributed by atoms with Crippen LogP contribution in [0.15, 0.2) is 53.7 Å². The summed E-state index contributed by atoms with van der Waals surface area (Å²) in [7, 11) is 0. The quantitative estimate of drug-likeness (QED) is 0.710. The van der Waals surface area contributed by atoms with Gasteiger partial charge in [-0.15, -0.1) is 5.10 Å². The van der Waals surface area contributed by atoms with Crippen molar-refractivity contribution >= 4 is 23.4 Å². The van der Waals surface area contributed by atoms with E-state index in [0.717, 1.165) is 11.3 Å². The number of anilines is 1.